The quantitative estimate of drug-likeness (QED) is 0.176. The molecular formula is C12H28HfIN3O. The summed E-state index contributed by atoms with van der Waals surface area (Å²) in [5.41, 5.74) is 3.63. The van der Waals surface area contributed by atoms with Gasteiger partial charge in [0.15, 0.2) is 0 Å². The molecule has 0 aromatic carbocycles. The zero-order valence-electron chi connectivity index (χ0n) is 12.6. The molecule has 0 aromatic heterocycles. The maximum Gasteiger partial charge on any atom is 4.00 e. The fourth-order valence-corrected chi connectivity index (χ4v) is 2.36. The summed E-state index contributed by atoms with van der Waals surface area (Å²) in [6, 6.07) is 0. The molecule has 0 N–H and O–H groups in total. The summed E-state index contributed by atoms with van der Waals surface area (Å²) < 4.78 is 0.819. The predicted molar refractivity (Wildman–Crippen MR) is 87.2 cm³/mol. The average molecular weight is 536 g/mol. The van der Waals surface area contributed by atoms with Crippen molar-refractivity contribution in [3.05, 3.63) is 23.5 Å². The first kappa shape index (κ1) is 27.7. The predicted octanol–water partition coefficient (Wildman–Crippen LogP) is 4.21. The van der Waals surface area contributed by atoms with E-state index in [0.717, 1.165) is 16.4 Å². The molecule has 1 aliphatic rings. The Labute approximate surface area is 147 Å². The third-order valence-corrected chi connectivity index (χ3v) is 3.62. The van der Waals surface area contributed by atoms with E-state index >= 15 is 0 Å². The zero-order valence-corrected chi connectivity index (χ0v) is 18.4. The van der Waals surface area contributed by atoms with Gasteiger partial charge in [0.1, 0.15) is 0 Å². The van der Waals surface area contributed by atoms with E-state index in [1.54, 1.807) is 35.2 Å². The van der Waals surface area contributed by atoms with Crippen LogP contribution < -0.4 is 0 Å². The molecule has 108 valence electrons. The second kappa shape index (κ2) is 23.5. The van der Waals surface area contributed by atoms with Crippen LogP contribution in [0.2, 0.25) is 0 Å². The topological polar surface area (TPSA) is 51.5 Å². The van der Waals surface area contributed by atoms with Gasteiger partial charge in [-0.1, -0.05) is 29.0 Å². The summed E-state index contributed by atoms with van der Waals surface area (Å²) in [6.07, 6.45) is 4.05. The van der Waals surface area contributed by atoms with Gasteiger partial charge in [0.25, 0.3) is 0 Å². The number of hydrogen-bond donors (Lipinski definition) is 0. The molecule has 6 heteroatoms. The van der Waals surface area contributed by atoms with E-state index in [1.807, 2.05) is 0 Å². The minimum absolute atomic E-state index is 0. The van der Waals surface area contributed by atoms with Crippen LogP contribution in [-0.2, 0) is 30.7 Å². The molecule has 0 heterocycles. The van der Waals surface area contributed by atoms with Crippen molar-refractivity contribution in [2.24, 2.45) is 5.92 Å². The molecule has 1 fully saturated rings. The number of hydroxylamine groups is 1. The fraction of sp³-hybridized carbons (Fsp3) is 0.917. The smallest absolute Gasteiger partial charge is 0.668 e. The zero-order chi connectivity index (χ0) is 12.8. The summed E-state index contributed by atoms with van der Waals surface area (Å²) in [7, 11) is 8.69. The first-order chi connectivity index (χ1) is 7.67. The minimum atomic E-state index is 0. The molecule has 4 nitrogen and oxygen atoms in total. The van der Waals surface area contributed by atoms with Crippen molar-refractivity contribution in [2.45, 2.75) is 23.2 Å². The largest absolute Gasteiger partial charge is 4.00 e. The molecule has 0 radical (unpaired) electrons. The van der Waals surface area contributed by atoms with E-state index in [9.17, 15) is 0 Å². The van der Waals surface area contributed by atoms with Crippen molar-refractivity contribution in [3.63, 3.8) is 0 Å². The van der Waals surface area contributed by atoms with Gasteiger partial charge in [-0.15, -0.1) is 7.05 Å². The van der Waals surface area contributed by atoms with Crippen LogP contribution in [0, 0.1) is 13.3 Å². The Bertz CT molecular complexity index is 132. The van der Waals surface area contributed by atoms with Gasteiger partial charge in [-0.25, -0.2) is 0 Å². The van der Waals surface area contributed by atoms with Gasteiger partial charge in [-0.3, -0.25) is 0 Å². The van der Waals surface area contributed by atoms with Crippen LogP contribution in [0.25, 0.3) is 16.1 Å². The third-order valence-electron chi connectivity index (χ3n) is 1.98. The van der Waals surface area contributed by atoms with E-state index in [2.05, 4.69) is 38.7 Å². The van der Waals surface area contributed by atoms with Crippen LogP contribution >= 0.6 is 22.6 Å². The Hall–Kier alpha value is 1.44. The Morgan fingerprint density at radius 1 is 1.06 bits per heavy atom. The third kappa shape index (κ3) is 19.8. The van der Waals surface area contributed by atoms with Crippen LogP contribution in [0.5, 0.6) is 0 Å². The van der Waals surface area contributed by atoms with E-state index < -0.39 is 0 Å². The molecule has 0 aliphatic heterocycles. The monoisotopic (exact) mass is 537 g/mol. The fourth-order valence-electron chi connectivity index (χ4n) is 1.35. The van der Waals surface area contributed by atoms with Crippen LogP contribution in [0.3, 0.4) is 0 Å². The second-order valence-electron chi connectivity index (χ2n) is 3.58. The second-order valence-corrected chi connectivity index (χ2v) is 5.18. The number of hydrogen-bond acceptors (Lipinski definition) is 1. The first-order valence-electron chi connectivity index (χ1n) is 5.48. The van der Waals surface area contributed by atoms with Crippen molar-refractivity contribution in [2.75, 3.05) is 41.8 Å². The van der Waals surface area contributed by atoms with Crippen molar-refractivity contribution >= 4 is 22.6 Å². The Balaban J connectivity index is -0.000000106. The molecule has 1 rings (SSSR count). The van der Waals surface area contributed by atoms with Crippen molar-refractivity contribution in [1.29, 1.82) is 0 Å². The Morgan fingerprint density at radius 2 is 1.50 bits per heavy atom. The average Bonchev–Trinajstić information content (AvgIpc) is 2.63. The minimum Gasteiger partial charge on any atom is -0.668 e. The molecule has 0 spiro atoms. The van der Waals surface area contributed by atoms with Gasteiger partial charge in [0, 0.05) is 10.5 Å². The van der Waals surface area contributed by atoms with Crippen LogP contribution in [0.15, 0.2) is 0 Å². The Morgan fingerprint density at radius 3 is 1.78 bits per heavy atom. The molecule has 0 aromatic rings. The number of alkyl halides is 1. The summed E-state index contributed by atoms with van der Waals surface area (Å²) in [5.74, 6) is 0.754. The molecule has 0 amide bonds. The molecular weight excluding hydrogens is 508 g/mol. The van der Waals surface area contributed by atoms with E-state index in [1.165, 1.54) is 19.3 Å². The van der Waals surface area contributed by atoms with Gasteiger partial charge < -0.3 is 28.4 Å². The van der Waals surface area contributed by atoms with Gasteiger partial charge in [-0.2, -0.15) is 28.2 Å². The summed E-state index contributed by atoms with van der Waals surface area (Å²) in [4.78, 5) is 5.01. The van der Waals surface area contributed by atoms with Crippen molar-refractivity contribution in [3.8, 4) is 0 Å². The maximum absolute atomic E-state index is 5.01. The van der Waals surface area contributed by atoms with E-state index in [4.69, 9.17) is 4.84 Å². The maximum atomic E-state index is 5.01. The van der Waals surface area contributed by atoms with Gasteiger partial charge >= 0.3 is 25.8 Å². The van der Waals surface area contributed by atoms with Crippen molar-refractivity contribution < 1.29 is 30.7 Å². The normalized spacial score (nSPS) is 20.3. The molecule has 0 bridgehead atoms. The molecule has 2 atom stereocenters. The number of rotatable bonds is 3. The van der Waals surface area contributed by atoms with E-state index in [-0.39, 0.29) is 33.3 Å². The summed E-state index contributed by atoms with van der Waals surface area (Å²) >= 11 is 2.51. The number of nitrogens with zero attached hydrogens (tertiary/aromatic N) is 3. The molecule has 1 saturated carbocycles. The van der Waals surface area contributed by atoms with Crippen molar-refractivity contribution in [1.82, 2.24) is 0 Å². The standard InChI is InChI=1S/C7H13INO.2C2H6N.CH3.Hf/c1-9-10-5-6-3-2-4-7(6)8;2*1-3-2;;/h6-7H,2-5H2,1H3;2*1-2H3;1H3;/q4*-1;+4. The molecule has 18 heavy (non-hydrogen) atoms. The summed E-state index contributed by atoms with van der Waals surface area (Å²) in [6.45, 7) is 0.824. The van der Waals surface area contributed by atoms with Gasteiger partial charge in [0.2, 0.25) is 0 Å². The molecule has 1 aliphatic carbocycles. The van der Waals surface area contributed by atoms with Crippen LogP contribution in [0.4, 0.5) is 0 Å². The molecule has 2 unspecified atom stereocenters. The SMILES string of the molecule is C[N-]C.C[N-]C.C[N-]OCC1CCCC1I.[CH3-].[Hf+4]. The van der Waals surface area contributed by atoms with Crippen LogP contribution in [0.1, 0.15) is 19.3 Å². The summed E-state index contributed by atoms with van der Waals surface area (Å²) in [5, 5.41) is 7.00. The van der Waals surface area contributed by atoms with E-state index in [0.29, 0.717) is 0 Å². The first-order valence-corrected chi connectivity index (χ1v) is 6.73. The Kier molecular flexibility index (Phi) is 36.2. The van der Waals surface area contributed by atoms with Gasteiger partial charge in [-0.05, 0) is 18.8 Å². The van der Waals surface area contributed by atoms with Crippen LogP contribution in [-0.4, -0.2) is 45.8 Å². The number of halogens is 1. The van der Waals surface area contributed by atoms with Gasteiger partial charge in [0.05, 0.1) is 0 Å². The molecule has 0 saturated heterocycles.